The average Bonchev–Trinajstić information content (AvgIpc) is 2.43. The molecule has 0 saturated carbocycles. The SMILES string of the molecule is CCc1ccccc1OCC(=O)NCC(C)(C)C(=O)O. The molecule has 5 heteroatoms. The van der Waals surface area contributed by atoms with Crippen molar-refractivity contribution < 1.29 is 19.4 Å². The van der Waals surface area contributed by atoms with E-state index in [2.05, 4.69) is 5.32 Å². The average molecular weight is 279 g/mol. The molecule has 0 fully saturated rings. The van der Waals surface area contributed by atoms with Crippen LogP contribution in [0.1, 0.15) is 26.3 Å². The number of hydrogen-bond donors (Lipinski definition) is 2. The van der Waals surface area contributed by atoms with E-state index in [0.717, 1.165) is 12.0 Å². The molecule has 0 spiro atoms. The molecule has 1 aromatic carbocycles. The molecule has 0 bridgehead atoms. The Hall–Kier alpha value is -2.04. The molecule has 0 unspecified atom stereocenters. The number of carboxylic acid groups (broad SMARTS) is 1. The number of carboxylic acids is 1. The quantitative estimate of drug-likeness (QED) is 0.798. The molecule has 0 radical (unpaired) electrons. The Bertz CT molecular complexity index is 483. The number of amides is 1. The van der Waals surface area contributed by atoms with E-state index in [4.69, 9.17) is 9.84 Å². The van der Waals surface area contributed by atoms with Gasteiger partial charge in [0.1, 0.15) is 5.75 Å². The molecule has 1 rings (SSSR count). The smallest absolute Gasteiger partial charge is 0.310 e. The van der Waals surface area contributed by atoms with Crippen LogP contribution in [-0.4, -0.2) is 30.1 Å². The zero-order valence-electron chi connectivity index (χ0n) is 12.1. The highest BCUT2D eigenvalue weighted by Crippen LogP contribution is 2.18. The summed E-state index contributed by atoms with van der Waals surface area (Å²) in [4.78, 5) is 22.6. The van der Waals surface area contributed by atoms with Gasteiger partial charge < -0.3 is 15.2 Å². The molecule has 0 aliphatic heterocycles. The lowest BCUT2D eigenvalue weighted by Crippen LogP contribution is -2.40. The Morgan fingerprint density at radius 1 is 1.30 bits per heavy atom. The lowest BCUT2D eigenvalue weighted by atomic mass is 9.94. The number of ether oxygens (including phenoxy) is 1. The van der Waals surface area contributed by atoms with Crippen molar-refractivity contribution in [2.45, 2.75) is 27.2 Å². The highest BCUT2D eigenvalue weighted by atomic mass is 16.5. The van der Waals surface area contributed by atoms with Crippen LogP contribution >= 0.6 is 0 Å². The second-order valence-electron chi connectivity index (χ2n) is 5.22. The van der Waals surface area contributed by atoms with Gasteiger partial charge in [0.2, 0.25) is 0 Å². The fraction of sp³-hybridized carbons (Fsp3) is 0.467. The van der Waals surface area contributed by atoms with Crippen LogP contribution in [0.25, 0.3) is 0 Å². The van der Waals surface area contributed by atoms with E-state index in [1.54, 1.807) is 13.8 Å². The van der Waals surface area contributed by atoms with Gasteiger partial charge in [0.15, 0.2) is 6.61 Å². The molecular weight excluding hydrogens is 258 g/mol. The van der Waals surface area contributed by atoms with Crippen LogP contribution in [-0.2, 0) is 16.0 Å². The molecule has 1 amide bonds. The van der Waals surface area contributed by atoms with Gasteiger partial charge >= 0.3 is 5.97 Å². The number of carbonyl (C=O) groups is 2. The Labute approximate surface area is 118 Å². The van der Waals surface area contributed by atoms with Crippen LogP contribution in [0.15, 0.2) is 24.3 Å². The van der Waals surface area contributed by atoms with Crippen LogP contribution in [0.2, 0.25) is 0 Å². The van der Waals surface area contributed by atoms with E-state index in [1.807, 2.05) is 31.2 Å². The summed E-state index contributed by atoms with van der Waals surface area (Å²) in [5, 5.41) is 11.5. The molecule has 1 aromatic rings. The molecule has 0 aromatic heterocycles. The highest BCUT2D eigenvalue weighted by Gasteiger charge is 2.27. The standard InChI is InChI=1S/C15H21NO4/c1-4-11-7-5-6-8-12(11)20-9-13(17)16-10-15(2,3)14(18)19/h5-8H,4,9-10H2,1-3H3,(H,16,17)(H,18,19). The molecule has 0 aliphatic rings. The van der Waals surface area contributed by atoms with E-state index in [1.165, 1.54) is 0 Å². The van der Waals surface area contributed by atoms with Gasteiger partial charge in [0.05, 0.1) is 5.41 Å². The molecule has 2 N–H and O–H groups in total. The topological polar surface area (TPSA) is 75.6 Å². The Morgan fingerprint density at radius 3 is 2.55 bits per heavy atom. The van der Waals surface area contributed by atoms with E-state index >= 15 is 0 Å². The molecule has 5 nitrogen and oxygen atoms in total. The Morgan fingerprint density at radius 2 is 1.95 bits per heavy atom. The number of nitrogens with one attached hydrogen (secondary N) is 1. The first kappa shape index (κ1) is 16.0. The maximum Gasteiger partial charge on any atom is 0.310 e. The van der Waals surface area contributed by atoms with Crippen molar-refractivity contribution in [3.63, 3.8) is 0 Å². The predicted octanol–water partition coefficient (Wildman–Crippen LogP) is 1.85. The van der Waals surface area contributed by atoms with E-state index in [-0.39, 0.29) is 19.1 Å². The summed E-state index contributed by atoms with van der Waals surface area (Å²) in [5.41, 5.74) is 0.0444. The summed E-state index contributed by atoms with van der Waals surface area (Å²) in [5.74, 6) is -0.595. The summed E-state index contributed by atoms with van der Waals surface area (Å²) in [6, 6.07) is 7.52. The van der Waals surface area contributed by atoms with Crippen molar-refractivity contribution in [1.29, 1.82) is 0 Å². The number of hydrogen-bond acceptors (Lipinski definition) is 3. The van der Waals surface area contributed by atoms with Crippen LogP contribution in [0.5, 0.6) is 5.75 Å². The molecule has 0 aliphatic carbocycles. The third-order valence-electron chi connectivity index (χ3n) is 3.02. The lowest BCUT2D eigenvalue weighted by Gasteiger charge is -2.19. The van der Waals surface area contributed by atoms with Crippen molar-refractivity contribution in [3.05, 3.63) is 29.8 Å². The molecule has 0 saturated heterocycles. The van der Waals surface area contributed by atoms with Crippen LogP contribution in [0.4, 0.5) is 0 Å². The van der Waals surface area contributed by atoms with E-state index in [9.17, 15) is 9.59 Å². The maximum atomic E-state index is 11.7. The predicted molar refractivity (Wildman–Crippen MR) is 75.7 cm³/mol. The Kier molecular flexibility index (Phi) is 5.55. The minimum absolute atomic E-state index is 0.0694. The third-order valence-corrected chi connectivity index (χ3v) is 3.02. The molecule has 110 valence electrons. The van der Waals surface area contributed by atoms with E-state index in [0.29, 0.717) is 5.75 Å². The van der Waals surface area contributed by atoms with Crippen molar-refractivity contribution in [3.8, 4) is 5.75 Å². The highest BCUT2D eigenvalue weighted by molar-refractivity contribution is 5.79. The maximum absolute atomic E-state index is 11.7. The first-order valence-electron chi connectivity index (χ1n) is 6.57. The number of aliphatic carboxylic acids is 1. The van der Waals surface area contributed by atoms with Gasteiger partial charge in [-0.25, -0.2) is 0 Å². The van der Waals surface area contributed by atoms with Gasteiger partial charge in [-0.2, -0.15) is 0 Å². The second kappa shape index (κ2) is 6.93. The second-order valence-corrected chi connectivity index (χ2v) is 5.22. The summed E-state index contributed by atoms with van der Waals surface area (Å²) >= 11 is 0. The van der Waals surface area contributed by atoms with E-state index < -0.39 is 11.4 Å². The number of carbonyl (C=O) groups excluding carboxylic acids is 1. The first-order valence-corrected chi connectivity index (χ1v) is 6.57. The van der Waals surface area contributed by atoms with Gasteiger partial charge in [-0.1, -0.05) is 25.1 Å². The molecule has 0 heterocycles. The zero-order chi connectivity index (χ0) is 15.2. The molecule has 20 heavy (non-hydrogen) atoms. The van der Waals surface area contributed by atoms with Crippen LogP contribution in [0.3, 0.4) is 0 Å². The van der Waals surface area contributed by atoms with Crippen molar-refractivity contribution >= 4 is 11.9 Å². The molecule has 0 atom stereocenters. The lowest BCUT2D eigenvalue weighted by molar-refractivity contribution is -0.146. The zero-order valence-corrected chi connectivity index (χ0v) is 12.1. The minimum Gasteiger partial charge on any atom is -0.483 e. The van der Waals surface area contributed by atoms with Gasteiger partial charge in [0.25, 0.3) is 5.91 Å². The van der Waals surface area contributed by atoms with Gasteiger partial charge in [-0.05, 0) is 31.9 Å². The molecular formula is C15H21NO4. The van der Waals surface area contributed by atoms with Crippen LogP contribution < -0.4 is 10.1 Å². The van der Waals surface area contributed by atoms with Gasteiger partial charge in [0, 0.05) is 6.54 Å². The first-order chi connectivity index (χ1) is 9.36. The normalized spacial score (nSPS) is 10.9. The van der Waals surface area contributed by atoms with Crippen molar-refractivity contribution in [2.75, 3.05) is 13.2 Å². The minimum atomic E-state index is -0.989. The monoisotopic (exact) mass is 279 g/mol. The third kappa shape index (κ3) is 4.57. The van der Waals surface area contributed by atoms with Crippen molar-refractivity contribution in [1.82, 2.24) is 5.32 Å². The van der Waals surface area contributed by atoms with Crippen LogP contribution in [0, 0.1) is 5.41 Å². The summed E-state index contributed by atoms with van der Waals surface area (Å²) in [7, 11) is 0. The Balaban J connectivity index is 2.46. The summed E-state index contributed by atoms with van der Waals surface area (Å²) in [6.45, 7) is 5.08. The van der Waals surface area contributed by atoms with Gasteiger partial charge in [-0.15, -0.1) is 0 Å². The number of para-hydroxylation sites is 1. The summed E-state index contributed by atoms with van der Waals surface area (Å²) < 4.78 is 5.46. The fourth-order valence-corrected chi connectivity index (χ4v) is 1.53. The number of benzene rings is 1. The van der Waals surface area contributed by atoms with Crippen molar-refractivity contribution in [2.24, 2.45) is 5.41 Å². The summed E-state index contributed by atoms with van der Waals surface area (Å²) in [6.07, 6.45) is 0.823. The number of rotatable bonds is 7. The largest absolute Gasteiger partial charge is 0.483 e. The fourth-order valence-electron chi connectivity index (χ4n) is 1.53. The number of aryl methyl sites for hydroxylation is 1. The van der Waals surface area contributed by atoms with Gasteiger partial charge in [-0.3, -0.25) is 9.59 Å².